The Morgan fingerprint density at radius 2 is 2.04 bits per heavy atom. The number of hydrogen-bond donors (Lipinski definition) is 3. The monoisotopic (exact) mass is 338 g/mol. The van der Waals surface area contributed by atoms with Gasteiger partial charge in [-0.25, -0.2) is 4.99 Å². The summed E-state index contributed by atoms with van der Waals surface area (Å²) in [5.74, 6) is 0.605. The van der Waals surface area contributed by atoms with Crippen LogP contribution in [0.3, 0.4) is 0 Å². The zero-order chi connectivity index (χ0) is 17.5. The van der Waals surface area contributed by atoms with Crippen molar-refractivity contribution in [3.63, 3.8) is 0 Å². The molecule has 130 valence electrons. The van der Waals surface area contributed by atoms with Crippen LogP contribution in [-0.4, -0.2) is 36.5 Å². The van der Waals surface area contributed by atoms with Gasteiger partial charge >= 0.3 is 0 Å². The van der Waals surface area contributed by atoms with Crippen molar-refractivity contribution >= 4 is 23.2 Å². The standard InChI is InChI=1S/C17H30N4OS/c1-7-18-16(19-11-15(22)21-17(4,5)6)20-12(2)10-14-9-8-13(3)23-14/h8-9,12H,7,10-11H2,1-6H3,(H,21,22)(H2,18,19,20). The van der Waals surface area contributed by atoms with Gasteiger partial charge in [-0.3, -0.25) is 4.79 Å². The summed E-state index contributed by atoms with van der Waals surface area (Å²) in [6.07, 6.45) is 0.942. The first-order valence-corrected chi connectivity index (χ1v) is 8.92. The Morgan fingerprint density at radius 1 is 1.35 bits per heavy atom. The van der Waals surface area contributed by atoms with Crippen molar-refractivity contribution < 1.29 is 4.79 Å². The summed E-state index contributed by atoms with van der Waals surface area (Å²) < 4.78 is 0. The summed E-state index contributed by atoms with van der Waals surface area (Å²) in [6.45, 7) is 13.0. The van der Waals surface area contributed by atoms with E-state index in [1.807, 2.05) is 39.0 Å². The van der Waals surface area contributed by atoms with Crippen LogP contribution in [0.25, 0.3) is 0 Å². The number of nitrogens with zero attached hydrogens (tertiary/aromatic N) is 1. The lowest BCUT2D eigenvalue weighted by Gasteiger charge is -2.20. The van der Waals surface area contributed by atoms with E-state index in [0.29, 0.717) is 5.96 Å². The minimum absolute atomic E-state index is 0.0729. The maximum absolute atomic E-state index is 11.9. The van der Waals surface area contributed by atoms with Crippen LogP contribution in [0.4, 0.5) is 0 Å². The van der Waals surface area contributed by atoms with E-state index in [1.54, 1.807) is 0 Å². The van der Waals surface area contributed by atoms with E-state index in [4.69, 9.17) is 0 Å². The predicted octanol–water partition coefficient (Wildman–Crippen LogP) is 2.46. The Hall–Kier alpha value is -1.56. The van der Waals surface area contributed by atoms with Crippen molar-refractivity contribution in [3.05, 3.63) is 21.9 Å². The fraction of sp³-hybridized carbons (Fsp3) is 0.647. The van der Waals surface area contributed by atoms with Crippen LogP contribution in [0.1, 0.15) is 44.4 Å². The Labute approximate surface area is 144 Å². The van der Waals surface area contributed by atoms with Crippen LogP contribution in [0, 0.1) is 6.92 Å². The molecule has 3 N–H and O–H groups in total. The van der Waals surface area contributed by atoms with Crippen molar-refractivity contribution in [2.24, 2.45) is 4.99 Å². The molecule has 1 atom stereocenters. The van der Waals surface area contributed by atoms with Gasteiger partial charge in [0.2, 0.25) is 5.91 Å². The van der Waals surface area contributed by atoms with Gasteiger partial charge in [0.25, 0.3) is 0 Å². The average Bonchev–Trinajstić information content (AvgIpc) is 2.79. The van der Waals surface area contributed by atoms with E-state index in [2.05, 4.69) is 46.9 Å². The topological polar surface area (TPSA) is 65.5 Å². The molecule has 1 rings (SSSR count). The second kappa shape index (κ2) is 8.91. The van der Waals surface area contributed by atoms with Gasteiger partial charge in [-0.1, -0.05) is 0 Å². The van der Waals surface area contributed by atoms with Crippen molar-refractivity contribution in [1.82, 2.24) is 16.0 Å². The largest absolute Gasteiger partial charge is 0.357 e. The zero-order valence-electron chi connectivity index (χ0n) is 15.1. The average molecular weight is 339 g/mol. The number of carbonyl (C=O) groups excluding carboxylic acids is 1. The van der Waals surface area contributed by atoms with Crippen LogP contribution in [0.2, 0.25) is 0 Å². The number of guanidine groups is 1. The highest BCUT2D eigenvalue weighted by Crippen LogP contribution is 2.16. The lowest BCUT2D eigenvalue weighted by atomic mass is 10.1. The Kier molecular flexibility index (Phi) is 7.55. The summed E-state index contributed by atoms with van der Waals surface area (Å²) in [6, 6.07) is 4.55. The molecule has 0 fully saturated rings. The third-order valence-electron chi connectivity index (χ3n) is 2.93. The van der Waals surface area contributed by atoms with Gasteiger partial charge in [0, 0.05) is 34.3 Å². The van der Waals surface area contributed by atoms with Crippen molar-refractivity contribution in [2.75, 3.05) is 13.1 Å². The first-order chi connectivity index (χ1) is 10.7. The smallest absolute Gasteiger partial charge is 0.242 e. The van der Waals surface area contributed by atoms with E-state index in [0.717, 1.165) is 13.0 Å². The number of nitrogens with one attached hydrogen (secondary N) is 3. The molecule has 1 aromatic rings. The number of rotatable bonds is 6. The van der Waals surface area contributed by atoms with Crippen molar-refractivity contribution in [1.29, 1.82) is 0 Å². The quantitative estimate of drug-likeness (QED) is 0.551. The van der Waals surface area contributed by atoms with Crippen LogP contribution >= 0.6 is 11.3 Å². The fourth-order valence-electron chi connectivity index (χ4n) is 2.11. The number of carbonyl (C=O) groups is 1. The lowest BCUT2D eigenvalue weighted by Crippen LogP contribution is -2.45. The molecule has 5 nitrogen and oxygen atoms in total. The number of amides is 1. The van der Waals surface area contributed by atoms with Crippen LogP contribution in [0.5, 0.6) is 0 Å². The second-order valence-corrected chi connectivity index (χ2v) is 8.13. The molecule has 23 heavy (non-hydrogen) atoms. The lowest BCUT2D eigenvalue weighted by molar-refractivity contribution is -0.121. The van der Waals surface area contributed by atoms with Gasteiger partial charge in [0.15, 0.2) is 5.96 Å². The molecule has 0 aliphatic heterocycles. The molecule has 1 aromatic heterocycles. The van der Waals surface area contributed by atoms with Gasteiger partial charge in [-0.2, -0.15) is 0 Å². The normalized spacial score (nSPS) is 13.6. The number of aryl methyl sites for hydroxylation is 1. The molecule has 0 aromatic carbocycles. The van der Waals surface area contributed by atoms with Gasteiger partial charge < -0.3 is 16.0 Å². The third kappa shape index (κ3) is 8.59. The molecule has 1 amide bonds. The Balaban J connectivity index is 2.55. The maximum Gasteiger partial charge on any atom is 0.242 e. The van der Waals surface area contributed by atoms with Gasteiger partial charge in [-0.15, -0.1) is 11.3 Å². The molecule has 0 bridgehead atoms. The molecule has 0 aliphatic rings. The van der Waals surface area contributed by atoms with Gasteiger partial charge in [0.1, 0.15) is 6.54 Å². The first kappa shape index (κ1) is 19.5. The Morgan fingerprint density at radius 3 is 2.57 bits per heavy atom. The second-order valence-electron chi connectivity index (χ2n) is 6.76. The van der Waals surface area contributed by atoms with Gasteiger partial charge in [0.05, 0.1) is 0 Å². The predicted molar refractivity (Wildman–Crippen MR) is 99.2 cm³/mol. The molecular formula is C17H30N4OS. The minimum Gasteiger partial charge on any atom is -0.357 e. The van der Waals surface area contributed by atoms with E-state index in [1.165, 1.54) is 9.75 Å². The molecule has 1 heterocycles. The molecule has 6 heteroatoms. The van der Waals surface area contributed by atoms with Crippen LogP contribution < -0.4 is 16.0 Å². The molecule has 0 saturated heterocycles. The number of thiophene rings is 1. The summed E-state index contributed by atoms with van der Waals surface area (Å²) in [5.41, 5.74) is -0.233. The van der Waals surface area contributed by atoms with Crippen molar-refractivity contribution in [2.45, 2.75) is 59.5 Å². The highest BCUT2D eigenvalue weighted by atomic mass is 32.1. The number of aliphatic imine (C=N–C) groups is 1. The first-order valence-electron chi connectivity index (χ1n) is 8.10. The summed E-state index contributed by atoms with van der Waals surface area (Å²) in [4.78, 5) is 18.9. The van der Waals surface area contributed by atoms with Crippen LogP contribution in [-0.2, 0) is 11.2 Å². The zero-order valence-corrected chi connectivity index (χ0v) is 15.9. The third-order valence-corrected chi connectivity index (χ3v) is 3.95. The van der Waals surface area contributed by atoms with E-state index in [-0.39, 0.29) is 24.0 Å². The summed E-state index contributed by atoms with van der Waals surface area (Å²) >= 11 is 1.82. The molecule has 1 unspecified atom stereocenters. The summed E-state index contributed by atoms with van der Waals surface area (Å²) in [7, 11) is 0. The van der Waals surface area contributed by atoms with E-state index >= 15 is 0 Å². The maximum atomic E-state index is 11.9. The highest BCUT2D eigenvalue weighted by Gasteiger charge is 2.13. The fourth-order valence-corrected chi connectivity index (χ4v) is 3.13. The molecule has 0 saturated carbocycles. The molecule has 0 spiro atoms. The summed E-state index contributed by atoms with van der Waals surface area (Å²) in [5, 5.41) is 9.46. The van der Waals surface area contributed by atoms with E-state index in [9.17, 15) is 4.79 Å². The Bertz CT molecular complexity index is 531. The van der Waals surface area contributed by atoms with Gasteiger partial charge in [-0.05, 0) is 53.7 Å². The van der Waals surface area contributed by atoms with Crippen molar-refractivity contribution in [3.8, 4) is 0 Å². The van der Waals surface area contributed by atoms with Crippen LogP contribution in [0.15, 0.2) is 17.1 Å². The highest BCUT2D eigenvalue weighted by molar-refractivity contribution is 7.11. The number of hydrogen-bond acceptors (Lipinski definition) is 3. The molecular weight excluding hydrogens is 308 g/mol. The SMILES string of the molecule is CCNC(=NCC(=O)NC(C)(C)C)NC(C)Cc1ccc(C)s1. The molecule has 0 radical (unpaired) electrons. The van der Waals surface area contributed by atoms with E-state index < -0.39 is 0 Å². The minimum atomic E-state index is -0.233. The molecule has 0 aliphatic carbocycles.